The molecule has 0 aliphatic heterocycles. The Labute approximate surface area is 175 Å². The average molecular weight is 408 g/mol. The first-order valence-electron chi connectivity index (χ1n) is 11.2. The molecule has 0 saturated carbocycles. The Hall–Kier alpha value is -1.91. The Morgan fingerprint density at radius 3 is 1.93 bits per heavy atom. The van der Waals surface area contributed by atoms with Gasteiger partial charge in [-0.25, -0.2) is 9.18 Å². The van der Waals surface area contributed by atoms with Crippen molar-refractivity contribution in [1.82, 2.24) is 5.32 Å². The molecule has 1 rings (SSSR count). The van der Waals surface area contributed by atoms with Crippen molar-refractivity contribution in [3.63, 3.8) is 0 Å². The van der Waals surface area contributed by atoms with E-state index < -0.39 is 23.7 Å². The largest absolute Gasteiger partial charge is 0.464 e. The van der Waals surface area contributed by atoms with Crippen molar-refractivity contribution < 1.29 is 18.7 Å². The molecule has 1 atom stereocenters. The first kappa shape index (κ1) is 25.1. The molecule has 164 valence electrons. The molecule has 5 heteroatoms. The van der Waals surface area contributed by atoms with E-state index in [1.54, 1.807) is 0 Å². The molecule has 0 fully saturated rings. The van der Waals surface area contributed by atoms with Gasteiger partial charge in [-0.1, -0.05) is 78.6 Å². The molecular formula is C24H38FNO3. The van der Waals surface area contributed by atoms with Gasteiger partial charge in [0, 0.05) is 5.56 Å². The van der Waals surface area contributed by atoms with Gasteiger partial charge in [-0.05, 0) is 36.6 Å². The summed E-state index contributed by atoms with van der Waals surface area (Å²) in [4.78, 5) is 24.7. The van der Waals surface area contributed by atoms with E-state index >= 15 is 0 Å². The lowest BCUT2D eigenvalue weighted by molar-refractivity contribution is -0.147. The second kappa shape index (κ2) is 15.0. The van der Waals surface area contributed by atoms with Gasteiger partial charge in [0.2, 0.25) is 0 Å². The zero-order valence-corrected chi connectivity index (χ0v) is 18.3. The number of hydrogen-bond donors (Lipinski definition) is 1. The molecule has 1 amide bonds. The molecule has 1 unspecified atom stereocenters. The van der Waals surface area contributed by atoms with Gasteiger partial charge in [0.1, 0.15) is 11.9 Å². The van der Waals surface area contributed by atoms with Gasteiger partial charge in [-0.3, -0.25) is 4.79 Å². The lowest BCUT2D eigenvalue weighted by Gasteiger charge is -2.21. The van der Waals surface area contributed by atoms with Crippen LogP contribution in [0.2, 0.25) is 0 Å². The number of amides is 1. The molecule has 0 bridgehead atoms. The van der Waals surface area contributed by atoms with Crippen LogP contribution in [0.25, 0.3) is 0 Å². The average Bonchev–Trinajstić information content (AvgIpc) is 2.70. The van der Waals surface area contributed by atoms with E-state index in [1.807, 2.05) is 13.8 Å². The van der Waals surface area contributed by atoms with Crippen LogP contribution in [-0.2, 0) is 9.53 Å². The predicted octanol–water partition coefficient (Wildman–Crippen LogP) is 6.04. The number of rotatable bonds is 15. The zero-order valence-electron chi connectivity index (χ0n) is 18.3. The second-order valence-corrected chi connectivity index (χ2v) is 8.05. The van der Waals surface area contributed by atoms with E-state index in [-0.39, 0.29) is 5.92 Å². The Kier molecular flexibility index (Phi) is 13.0. The van der Waals surface area contributed by atoms with Crippen molar-refractivity contribution in [3.8, 4) is 0 Å². The third-order valence-electron chi connectivity index (χ3n) is 5.06. The summed E-state index contributed by atoms with van der Waals surface area (Å²) in [6.45, 7) is 6.33. The summed E-state index contributed by atoms with van der Waals surface area (Å²) >= 11 is 0. The normalized spacial score (nSPS) is 12.0. The molecule has 1 aromatic carbocycles. The first-order chi connectivity index (χ1) is 14.0. The molecule has 1 aromatic rings. The minimum Gasteiger partial charge on any atom is -0.464 e. The quantitative estimate of drug-likeness (QED) is 0.285. The van der Waals surface area contributed by atoms with E-state index in [9.17, 15) is 14.0 Å². The van der Waals surface area contributed by atoms with Crippen molar-refractivity contribution in [2.45, 2.75) is 91.0 Å². The van der Waals surface area contributed by atoms with Crippen molar-refractivity contribution in [3.05, 3.63) is 35.6 Å². The van der Waals surface area contributed by atoms with Crippen LogP contribution in [0.5, 0.6) is 0 Å². The Morgan fingerprint density at radius 2 is 1.41 bits per heavy atom. The first-order valence-corrected chi connectivity index (χ1v) is 11.2. The minimum absolute atomic E-state index is 0.0976. The molecule has 1 N–H and O–H groups in total. The number of esters is 1. The summed E-state index contributed by atoms with van der Waals surface area (Å²) in [6.07, 6.45) is 12.2. The number of halogens is 1. The van der Waals surface area contributed by atoms with E-state index in [0.29, 0.717) is 12.2 Å². The summed E-state index contributed by atoms with van der Waals surface area (Å²) in [7, 11) is 0. The molecule has 0 radical (unpaired) electrons. The Balaban J connectivity index is 2.22. The van der Waals surface area contributed by atoms with E-state index in [1.165, 1.54) is 75.6 Å². The number of nitrogens with one attached hydrogen (secondary N) is 1. The molecule has 0 aliphatic carbocycles. The Bertz CT molecular complexity index is 586. The van der Waals surface area contributed by atoms with Crippen LogP contribution in [0.15, 0.2) is 24.3 Å². The fraction of sp³-hybridized carbons (Fsp3) is 0.667. The van der Waals surface area contributed by atoms with Crippen molar-refractivity contribution >= 4 is 11.9 Å². The molecule has 29 heavy (non-hydrogen) atoms. The van der Waals surface area contributed by atoms with Crippen LogP contribution in [0.4, 0.5) is 4.39 Å². The predicted molar refractivity (Wildman–Crippen MR) is 115 cm³/mol. The lowest BCUT2D eigenvalue weighted by Crippen LogP contribution is -2.45. The second-order valence-electron chi connectivity index (χ2n) is 8.05. The van der Waals surface area contributed by atoms with Gasteiger partial charge in [0.05, 0.1) is 6.61 Å². The maximum atomic E-state index is 13.0. The molecule has 0 aromatic heterocycles. The number of benzene rings is 1. The minimum atomic E-state index is -0.712. The molecule has 4 nitrogen and oxygen atoms in total. The highest BCUT2D eigenvalue weighted by atomic mass is 19.1. The fourth-order valence-electron chi connectivity index (χ4n) is 3.18. The third kappa shape index (κ3) is 11.0. The zero-order chi connectivity index (χ0) is 21.5. The van der Waals surface area contributed by atoms with Crippen LogP contribution in [0.1, 0.15) is 95.3 Å². The van der Waals surface area contributed by atoms with Gasteiger partial charge < -0.3 is 10.1 Å². The van der Waals surface area contributed by atoms with E-state index in [4.69, 9.17) is 4.74 Å². The highest BCUT2D eigenvalue weighted by Crippen LogP contribution is 2.11. The van der Waals surface area contributed by atoms with Crippen LogP contribution in [0.3, 0.4) is 0 Å². The molecule has 0 heterocycles. The summed E-state index contributed by atoms with van der Waals surface area (Å²) in [5.74, 6) is -1.32. The lowest BCUT2D eigenvalue weighted by atomic mass is 10.0. The number of carbonyl (C=O) groups is 2. The number of unbranched alkanes of at least 4 members (excludes halogenated alkanes) is 9. The molecular weight excluding hydrogens is 369 g/mol. The van der Waals surface area contributed by atoms with Crippen molar-refractivity contribution in [1.29, 1.82) is 0 Å². The Morgan fingerprint density at radius 1 is 0.897 bits per heavy atom. The SMILES string of the molecule is CCCCCCCCCCCCOC(=O)C(NC(=O)c1ccc(F)cc1)C(C)C. The summed E-state index contributed by atoms with van der Waals surface area (Å²) in [5.41, 5.74) is 0.319. The summed E-state index contributed by atoms with van der Waals surface area (Å²) in [6, 6.07) is 4.54. The van der Waals surface area contributed by atoms with E-state index in [0.717, 1.165) is 12.8 Å². The van der Waals surface area contributed by atoms with Gasteiger partial charge in [-0.15, -0.1) is 0 Å². The smallest absolute Gasteiger partial charge is 0.328 e. The fourth-order valence-corrected chi connectivity index (χ4v) is 3.18. The standard InChI is InChI=1S/C24H38FNO3/c1-4-5-6-7-8-9-10-11-12-13-18-29-24(28)22(19(2)3)26-23(27)20-14-16-21(25)17-15-20/h14-17,19,22H,4-13,18H2,1-3H3,(H,26,27). The number of hydrogen-bond acceptors (Lipinski definition) is 3. The molecule has 0 aliphatic rings. The molecule has 0 saturated heterocycles. The maximum Gasteiger partial charge on any atom is 0.328 e. The van der Waals surface area contributed by atoms with Gasteiger partial charge in [0.15, 0.2) is 0 Å². The van der Waals surface area contributed by atoms with Crippen LogP contribution < -0.4 is 5.32 Å². The van der Waals surface area contributed by atoms with Crippen LogP contribution >= 0.6 is 0 Å². The van der Waals surface area contributed by atoms with Crippen molar-refractivity contribution in [2.75, 3.05) is 6.61 Å². The number of carbonyl (C=O) groups excluding carboxylic acids is 2. The van der Waals surface area contributed by atoms with Crippen molar-refractivity contribution in [2.24, 2.45) is 5.92 Å². The number of ether oxygens (including phenoxy) is 1. The van der Waals surface area contributed by atoms with Gasteiger partial charge in [-0.2, -0.15) is 0 Å². The van der Waals surface area contributed by atoms with Crippen LogP contribution in [-0.4, -0.2) is 24.5 Å². The highest BCUT2D eigenvalue weighted by molar-refractivity contribution is 5.96. The molecule has 0 spiro atoms. The van der Waals surface area contributed by atoms with Gasteiger partial charge >= 0.3 is 5.97 Å². The highest BCUT2D eigenvalue weighted by Gasteiger charge is 2.26. The monoisotopic (exact) mass is 407 g/mol. The van der Waals surface area contributed by atoms with Crippen LogP contribution in [0, 0.1) is 11.7 Å². The maximum absolute atomic E-state index is 13.0. The topological polar surface area (TPSA) is 55.4 Å². The van der Waals surface area contributed by atoms with E-state index in [2.05, 4.69) is 12.2 Å². The van der Waals surface area contributed by atoms with Gasteiger partial charge in [0.25, 0.3) is 5.91 Å². The third-order valence-corrected chi connectivity index (χ3v) is 5.06. The summed E-state index contributed by atoms with van der Waals surface area (Å²) < 4.78 is 18.4. The summed E-state index contributed by atoms with van der Waals surface area (Å²) in [5, 5.41) is 2.71.